The molecule has 0 fully saturated rings. The summed E-state index contributed by atoms with van der Waals surface area (Å²) >= 11 is 6.04. The Kier molecular flexibility index (Phi) is 3.94. The molecule has 0 heterocycles. The molecule has 4 heteroatoms. The molecule has 0 aliphatic carbocycles. The van der Waals surface area contributed by atoms with Crippen LogP contribution in [0.1, 0.15) is 25.5 Å². The van der Waals surface area contributed by atoms with Crippen molar-refractivity contribution in [2.75, 3.05) is 14.1 Å². The monoisotopic (exact) mass is 244 g/mol. The Morgan fingerprint density at radius 2 is 1.94 bits per heavy atom. The number of nitrogens with two attached hydrogens (primary N) is 1. The molecule has 0 radical (unpaired) electrons. The van der Waals surface area contributed by atoms with Crippen LogP contribution in [0.3, 0.4) is 0 Å². The van der Waals surface area contributed by atoms with Crippen LogP contribution in [0.15, 0.2) is 18.2 Å². The molecule has 1 rings (SSSR count). The van der Waals surface area contributed by atoms with E-state index in [9.17, 15) is 4.39 Å². The summed E-state index contributed by atoms with van der Waals surface area (Å²) in [4.78, 5) is 2.00. The Labute approximate surface area is 101 Å². The van der Waals surface area contributed by atoms with E-state index in [1.54, 1.807) is 0 Å². The zero-order valence-electron chi connectivity index (χ0n) is 10.1. The van der Waals surface area contributed by atoms with Crippen LogP contribution < -0.4 is 5.73 Å². The summed E-state index contributed by atoms with van der Waals surface area (Å²) in [6.07, 6.45) is 0. The van der Waals surface area contributed by atoms with Gasteiger partial charge in [-0.3, -0.25) is 0 Å². The van der Waals surface area contributed by atoms with Crippen molar-refractivity contribution < 1.29 is 4.39 Å². The highest BCUT2D eigenvalue weighted by Crippen LogP contribution is 2.32. The first-order valence-corrected chi connectivity index (χ1v) is 5.52. The molecule has 1 aromatic rings. The van der Waals surface area contributed by atoms with Crippen molar-refractivity contribution in [3.8, 4) is 0 Å². The van der Waals surface area contributed by atoms with E-state index in [2.05, 4.69) is 0 Å². The second-order valence-corrected chi connectivity index (χ2v) is 5.10. The lowest BCUT2D eigenvalue weighted by Gasteiger charge is -2.38. The predicted octanol–water partition coefficient (Wildman–Crippen LogP) is 2.82. The van der Waals surface area contributed by atoms with Crippen LogP contribution in [0.2, 0.25) is 5.02 Å². The van der Waals surface area contributed by atoms with Crippen LogP contribution in [-0.2, 0) is 0 Å². The van der Waals surface area contributed by atoms with Crippen molar-refractivity contribution in [2.45, 2.75) is 25.4 Å². The SMILES string of the molecule is CN(C)C(C)(C)C(N)c1cc(F)ccc1Cl. The summed E-state index contributed by atoms with van der Waals surface area (Å²) in [7, 11) is 3.88. The van der Waals surface area contributed by atoms with Gasteiger partial charge in [-0.1, -0.05) is 11.6 Å². The minimum absolute atomic E-state index is 0.294. The fourth-order valence-electron chi connectivity index (χ4n) is 1.41. The van der Waals surface area contributed by atoms with Crippen LogP contribution in [0.5, 0.6) is 0 Å². The van der Waals surface area contributed by atoms with Crippen LogP contribution in [0.4, 0.5) is 4.39 Å². The number of halogens is 2. The number of nitrogens with zero attached hydrogens (tertiary/aromatic N) is 1. The molecular weight excluding hydrogens is 227 g/mol. The van der Waals surface area contributed by atoms with E-state index in [0.29, 0.717) is 10.6 Å². The van der Waals surface area contributed by atoms with Gasteiger partial charge in [-0.2, -0.15) is 0 Å². The molecule has 0 spiro atoms. The summed E-state index contributed by atoms with van der Waals surface area (Å²) in [5, 5.41) is 0.504. The van der Waals surface area contributed by atoms with Crippen molar-refractivity contribution in [1.82, 2.24) is 4.90 Å². The quantitative estimate of drug-likeness (QED) is 0.886. The second-order valence-electron chi connectivity index (χ2n) is 4.69. The summed E-state index contributed by atoms with van der Waals surface area (Å²) in [6, 6.07) is 3.93. The molecule has 2 nitrogen and oxygen atoms in total. The normalized spacial score (nSPS) is 14.2. The summed E-state index contributed by atoms with van der Waals surface area (Å²) < 4.78 is 13.2. The van der Waals surface area contributed by atoms with E-state index in [-0.39, 0.29) is 17.4 Å². The Morgan fingerprint density at radius 3 is 2.44 bits per heavy atom. The van der Waals surface area contributed by atoms with Crippen LogP contribution in [0.25, 0.3) is 0 Å². The molecule has 0 aliphatic heterocycles. The van der Waals surface area contributed by atoms with Gasteiger partial charge in [-0.05, 0) is 51.7 Å². The van der Waals surface area contributed by atoms with Crippen molar-refractivity contribution >= 4 is 11.6 Å². The highest BCUT2D eigenvalue weighted by molar-refractivity contribution is 6.31. The number of likely N-dealkylation sites (N-methyl/N-ethyl adjacent to an activating group) is 1. The lowest BCUT2D eigenvalue weighted by atomic mass is 9.88. The van der Waals surface area contributed by atoms with Crippen LogP contribution in [-0.4, -0.2) is 24.5 Å². The average molecular weight is 245 g/mol. The molecule has 0 bridgehead atoms. The molecule has 16 heavy (non-hydrogen) atoms. The highest BCUT2D eigenvalue weighted by Gasteiger charge is 2.31. The summed E-state index contributed by atoms with van der Waals surface area (Å²) in [5.41, 5.74) is 6.50. The molecule has 0 saturated carbocycles. The third-order valence-corrected chi connectivity index (χ3v) is 3.55. The molecule has 2 N–H and O–H groups in total. The number of rotatable bonds is 3. The molecule has 0 amide bonds. The van der Waals surface area contributed by atoms with Gasteiger partial charge in [0, 0.05) is 16.6 Å². The Morgan fingerprint density at radius 1 is 1.38 bits per heavy atom. The zero-order valence-corrected chi connectivity index (χ0v) is 10.8. The van der Waals surface area contributed by atoms with E-state index in [0.717, 1.165) is 0 Å². The zero-order chi connectivity index (χ0) is 12.5. The van der Waals surface area contributed by atoms with Crippen molar-refractivity contribution in [3.05, 3.63) is 34.6 Å². The van der Waals surface area contributed by atoms with Gasteiger partial charge in [0.25, 0.3) is 0 Å². The van der Waals surface area contributed by atoms with Gasteiger partial charge >= 0.3 is 0 Å². The molecule has 1 unspecified atom stereocenters. The maximum absolute atomic E-state index is 13.2. The maximum atomic E-state index is 13.2. The number of hydrogen-bond acceptors (Lipinski definition) is 2. The van der Waals surface area contributed by atoms with Gasteiger partial charge in [0.2, 0.25) is 0 Å². The van der Waals surface area contributed by atoms with Crippen LogP contribution in [0, 0.1) is 5.82 Å². The molecular formula is C12H18ClFN2. The molecule has 1 atom stereocenters. The maximum Gasteiger partial charge on any atom is 0.123 e. The Bertz CT molecular complexity index is 377. The lowest BCUT2D eigenvalue weighted by molar-refractivity contribution is 0.159. The van der Waals surface area contributed by atoms with Crippen molar-refractivity contribution in [2.24, 2.45) is 5.73 Å². The molecule has 0 saturated heterocycles. The van der Waals surface area contributed by atoms with Gasteiger partial charge in [0.05, 0.1) is 0 Å². The van der Waals surface area contributed by atoms with E-state index in [1.165, 1.54) is 18.2 Å². The van der Waals surface area contributed by atoms with E-state index in [1.807, 2.05) is 32.8 Å². The summed E-state index contributed by atoms with van der Waals surface area (Å²) in [6.45, 7) is 4.00. The summed E-state index contributed by atoms with van der Waals surface area (Å²) in [5.74, 6) is -0.315. The topological polar surface area (TPSA) is 29.3 Å². The fourth-order valence-corrected chi connectivity index (χ4v) is 1.65. The van der Waals surface area contributed by atoms with Gasteiger partial charge < -0.3 is 10.6 Å². The number of benzene rings is 1. The average Bonchev–Trinajstić information content (AvgIpc) is 2.20. The predicted molar refractivity (Wildman–Crippen MR) is 66.1 cm³/mol. The lowest BCUT2D eigenvalue weighted by Crippen LogP contribution is -2.47. The third kappa shape index (κ3) is 2.54. The minimum Gasteiger partial charge on any atom is -0.322 e. The first-order valence-electron chi connectivity index (χ1n) is 5.14. The standard InChI is InChI=1S/C12H18ClFN2/c1-12(2,16(3)4)11(15)9-7-8(14)5-6-10(9)13/h5-7,11H,15H2,1-4H3. The van der Waals surface area contributed by atoms with Gasteiger partial charge in [0.15, 0.2) is 0 Å². The molecule has 0 aliphatic rings. The van der Waals surface area contributed by atoms with E-state index < -0.39 is 0 Å². The number of hydrogen-bond donors (Lipinski definition) is 1. The Balaban J connectivity index is 3.14. The molecule has 90 valence electrons. The molecule has 0 aromatic heterocycles. The van der Waals surface area contributed by atoms with Gasteiger partial charge in [0.1, 0.15) is 5.82 Å². The highest BCUT2D eigenvalue weighted by atomic mass is 35.5. The first-order chi connectivity index (χ1) is 7.26. The minimum atomic E-state index is -0.342. The largest absolute Gasteiger partial charge is 0.322 e. The molecule has 1 aromatic carbocycles. The van der Waals surface area contributed by atoms with Gasteiger partial charge in [-0.15, -0.1) is 0 Å². The smallest absolute Gasteiger partial charge is 0.123 e. The Hall–Kier alpha value is -0.640. The first kappa shape index (κ1) is 13.4. The fraction of sp³-hybridized carbons (Fsp3) is 0.500. The van der Waals surface area contributed by atoms with Gasteiger partial charge in [-0.25, -0.2) is 4.39 Å². The van der Waals surface area contributed by atoms with Crippen molar-refractivity contribution in [1.29, 1.82) is 0 Å². The second kappa shape index (κ2) is 4.70. The van der Waals surface area contributed by atoms with Crippen molar-refractivity contribution in [3.63, 3.8) is 0 Å². The van der Waals surface area contributed by atoms with Crippen LogP contribution >= 0.6 is 11.6 Å². The van der Waals surface area contributed by atoms with E-state index >= 15 is 0 Å². The van der Waals surface area contributed by atoms with E-state index in [4.69, 9.17) is 17.3 Å². The third-order valence-electron chi connectivity index (χ3n) is 3.21.